The molecule has 2 aromatic carbocycles. The standard InChI is InChI=1S/C13H12BrNO3S/c1-9-2-7-12(14)13(8-9)15-19(17,18)11-5-3-10(16)4-6-11/h2-8,15-16H,1H3. The van der Waals surface area contributed by atoms with Crippen molar-refractivity contribution in [3.8, 4) is 5.75 Å². The Morgan fingerprint density at radius 3 is 2.37 bits per heavy atom. The molecular weight excluding hydrogens is 330 g/mol. The number of phenols is 1. The molecule has 0 heterocycles. The fraction of sp³-hybridized carbons (Fsp3) is 0.0769. The second kappa shape index (κ2) is 5.22. The van der Waals surface area contributed by atoms with Crippen molar-refractivity contribution in [3.05, 3.63) is 52.5 Å². The molecule has 0 fully saturated rings. The summed E-state index contributed by atoms with van der Waals surface area (Å²) in [6.07, 6.45) is 0. The predicted molar refractivity (Wildman–Crippen MR) is 77.8 cm³/mol. The van der Waals surface area contributed by atoms with Crippen molar-refractivity contribution in [2.45, 2.75) is 11.8 Å². The topological polar surface area (TPSA) is 66.4 Å². The van der Waals surface area contributed by atoms with Gasteiger partial charge in [-0.25, -0.2) is 8.42 Å². The number of anilines is 1. The highest BCUT2D eigenvalue weighted by molar-refractivity contribution is 9.10. The molecule has 0 atom stereocenters. The molecule has 0 aromatic heterocycles. The van der Waals surface area contributed by atoms with E-state index in [0.29, 0.717) is 10.2 Å². The van der Waals surface area contributed by atoms with Gasteiger partial charge in [-0.05, 0) is 64.8 Å². The summed E-state index contributed by atoms with van der Waals surface area (Å²) in [6, 6.07) is 10.8. The van der Waals surface area contributed by atoms with E-state index >= 15 is 0 Å². The fourth-order valence-electron chi connectivity index (χ4n) is 1.55. The van der Waals surface area contributed by atoms with E-state index in [2.05, 4.69) is 20.7 Å². The van der Waals surface area contributed by atoms with Crippen molar-refractivity contribution in [2.24, 2.45) is 0 Å². The number of phenolic OH excluding ortho intramolecular Hbond substituents is 1. The van der Waals surface area contributed by atoms with Crippen LogP contribution < -0.4 is 4.72 Å². The third-order valence-corrected chi connectivity index (χ3v) is 4.59. The third kappa shape index (κ3) is 3.27. The van der Waals surface area contributed by atoms with Gasteiger partial charge in [-0.15, -0.1) is 0 Å². The van der Waals surface area contributed by atoms with Crippen molar-refractivity contribution < 1.29 is 13.5 Å². The van der Waals surface area contributed by atoms with E-state index in [1.54, 1.807) is 12.1 Å². The van der Waals surface area contributed by atoms with Crippen LogP contribution in [0.25, 0.3) is 0 Å². The SMILES string of the molecule is Cc1ccc(Br)c(NS(=O)(=O)c2ccc(O)cc2)c1. The van der Waals surface area contributed by atoms with E-state index in [1.165, 1.54) is 24.3 Å². The lowest BCUT2D eigenvalue weighted by Gasteiger charge is -2.10. The zero-order chi connectivity index (χ0) is 14.0. The molecular formula is C13H12BrNO3S. The van der Waals surface area contributed by atoms with Gasteiger partial charge in [-0.1, -0.05) is 6.07 Å². The predicted octanol–water partition coefficient (Wildman–Crippen LogP) is 3.26. The zero-order valence-corrected chi connectivity index (χ0v) is 12.5. The van der Waals surface area contributed by atoms with Gasteiger partial charge in [0.25, 0.3) is 10.0 Å². The first-order chi connectivity index (χ1) is 8.88. The second-order valence-electron chi connectivity index (χ2n) is 4.08. The second-order valence-corrected chi connectivity index (χ2v) is 6.62. The molecule has 2 aromatic rings. The van der Waals surface area contributed by atoms with E-state index < -0.39 is 10.0 Å². The zero-order valence-electron chi connectivity index (χ0n) is 10.1. The van der Waals surface area contributed by atoms with Gasteiger partial charge in [-0.2, -0.15) is 0 Å². The third-order valence-electron chi connectivity index (χ3n) is 2.51. The molecule has 0 saturated carbocycles. The molecule has 0 bridgehead atoms. The lowest BCUT2D eigenvalue weighted by molar-refractivity contribution is 0.475. The average Bonchev–Trinajstić information content (AvgIpc) is 2.34. The number of halogens is 1. The Balaban J connectivity index is 2.36. The Hall–Kier alpha value is -1.53. The van der Waals surface area contributed by atoms with Gasteiger partial charge in [0.2, 0.25) is 0 Å². The highest BCUT2D eigenvalue weighted by Crippen LogP contribution is 2.26. The average molecular weight is 342 g/mol. The van der Waals surface area contributed by atoms with Crippen LogP contribution in [0.15, 0.2) is 51.8 Å². The molecule has 0 spiro atoms. The van der Waals surface area contributed by atoms with Crippen LogP contribution in [0.4, 0.5) is 5.69 Å². The number of benzene rings is 2. The van der Waals surface area contributed by atoms with Crippen LogP contribution in [0.5, 0.6) is 5.75 Å². The number of aromatic hydroxyl groups is 1. The summed E-state index contributed by atoms with van der Waals surface area (Å²) >= 11 is 3.30. The number of nitrogens with one attached hydrogen (secondary N) is 1. The molecule has 0 aliphatic heterocycles. The Morgan fingerprint density at radius 2 is 1.74 bits per heavy atom. The van der Waals surface area contributed by atoms with Crippen LogP contribution in [-0.2, 0) is 10.0 Å². The maximum Gasteiger partial charge on any atom is 0.261 e. The molecule has 100 valence electrons. The Bertz CT molecular complexity index is 696. The van der Waals surface area contributed by atoms with Crippen LogP contribution >= 0.6 is 15.9 Å². The fourth-order valence-corrected chi connectivity index (χ4v) is 3.09. The van der Waals surface area contributed by atoms with Crippen LogP contribution in [0, 0.1) is 6.92 Å². The number of hydrogen-bond acceptors (Lipinski definition) is 3. The molecule has 0 unspecified atom stereocenters. The minimum atomic E-state index is -3.66. The molecule has 0 radical (unpaired) electrons. The normalized spacial score (nSPS) is 11.3. The van der Waals surface area contributed by atoms with E-state index in [0.717, 1.165) is 5.56 Å². The van der Waals surface area contributed by atoms with Crippen LogP contribution in [0.1, 0.15) is 5.56 Å². The summed E-state index contributed by atoms with van der Waals surface area (Å²) in [5, 5.41) is 9.17. The van der Waals surface area contributed by atoms with Crippen molar-refractivity contribution in [1.29, 1.82) is 0 Å². The van der Waals surface area contributed by atoms with E-state index in [-0.39, 0.29) is 10.6 Å². The Kier molecular flexibility index (Phi) is 3.82. The summed E-state index contributed by atoms with van der Waals surface area (Å²) in [4.78, 5) is 0.0960. The summed E-state index contributed by atoms with van der Waals surface area (Å²) < 4.78 is 27.5. The van der Waals surface area contributed by atoms with Crippen LogP contribution in [0.2, 0.25) is 0 Å². The van der Waals surface area contributed by atoms with Gasteiger partial charge >= 0.3 is 0 Å². The Labute approximate surface area is 120 Å². The summed E-state index contributed by atoms with van der Waals surface area (Å²) in [5.41, 5.74) is 1.43. The molecule has 2 N–H and O–H groups in total. The quantitative estimate of drug-likeness (QED) is 0.900. The first kappa shape index (κ1) is 13.9. The number of sulfonamides is 1. The molecule has 19 heavy (non-hydrogen) atoms. The van der Waals surface area contributed by atoms with Crippen molar-refractivity contribution in [1.82, 2.24) is 0 Å². The van der Waals surface area contributed by atoms with E-state index in [4.69, 9.17) is 5.11 Å². The van der Waals surface area contributed by atoms with Gasteiger partial charge in [-0.3, -0.25) is 4.72 Å². The summed E-state index contributed by atoms with van der Waals surface area (Å²) in [5.74, 6) is 0.0238. The first-order valence-electron chi connectivity index (χ1n) is 5.46. The molecule has 2 rings (SSSR count). The molecule has 0 aliphatic carbocycles. The number of aryl methyl sites for hydroxylation is 1. The highest BCUT2D eigenvalue weighted by Gasteiger charge is 2.15. The van der Waals surface area contributed by atoms with Crippen LogP contribution in [-0.4, -0.2) is 13.5 Å². The summed E-state index contributed by atoms with van der Waals surface area (Å²) in [6.45, 7) is 1.88. The minimum Gasteiger partial charge on any atom is -0.508 e. The molecule has 4 nitrogen and oxygen atoms in total. The lowest BCUT2D eigenvalue weighted by Crippen LogP contribution is -2.13. The van der Waals surface area contributed by atoms with Crippen molar-refractivity contribution >= 4 is 31.6 Å². The molecule has 0 amide bonds. The van der Waals surface area contributed by atoms with E-state index in [9.17, 15) is 8.42 Å². The number of rotatable bonds is 3. The van der Waals surface area contributed by atoms with Crippen molar-refractivity contribution in [2.75, 3.05) is 4.72 Å². The maximum atomic E-state index is 12.2. The van der Waals surface area contributed by atoms with E-state index in [1.807, 2.05) is 13.0 Å². The first-order valence-corrected chi connectivity index (χ1v) is 7.74. The highest BCUT2D eigenvalue weighted by atomic mass is 79.9. The molecule has 0 aliphatic rings. The largest absolute Gasteiger partial charge is 0.508 e. The Morgan fingerprint density at radius 1 is 1.11 bits per heavy atom. The smallest absolute Gasteiger partial charge is 0.261 e. The monoisotopic (exact) mass is 341 g/mol. The van der Waals surface area contributed by atoms with Gasteiger partial charge in [0.15, 0.2) is 0 Å². The van der Waals surface area contributed by atoms with Crippen molar-refractivity contribution in [3.63, 3.8) is 0 Å². The number of hydrogen-bond donors (Lipinski definition) is 2. The van der Waals surface area contributed by atoms with Crippen LogP contribution in [0.3, 0.4) is 0 Å². The van der Waals surface area contributed by atoms with Gasteiger partial charge in [0.05, 0.1) is 10.6 Å². The summed E-state index contributed by atoms with van der Waals surface area (Å²) in [7, 11) is -3.66. The maximum absolute atomic E-state index is 12.2. The minimum absolute atomic E-state index is 0.0238. The van der Waals surface area contributed by atoms with Gasteiger partial charge in [0.1, 0.15) is 5.75 Å². The van der Waals surface area contributed by atoms with Gasteiger partial charge in [0, 0.05) is 4.47 Å². The molecule has 6 heteroatoms. The molecule has 0 saturated heterocycles. The van der Waals surface area contributed by atoms with Gasteiger partial charge < -0.3 is 5.11 Å². The lowest BCUT2D eigenvalue weighted by atomic mass is 10.2.